The Labute approximate surface area is 125 Å². The molecule has 1 N–H and O–H groups in total. The largest absolute Gasteiger partial charge is 0.392 e. The van der Waals surface area contributed by atoms with E-state index in [0.717, 1.165) is 12.5 Å². The van der Waals surface area contributed by atoms with Crippen LogP contribution in [0.25, 0.3) is 0 Å². The van der Waals surface area contributed by atoms with Gasteiger partial charge in [-0.15, -0.1) is 0 Å². The number of aliphatic hydroxyl groups is 1. The van der Waals surface area contributed by atoms with Gasteiger partial charge in [-0.25, -0.2) is 0 Å². The first-order valence-electron chi connectivity index (χ1n) is 8.43. The van der Waals surface area contributed by atoms with Crippen LogP contribution >= 0.6 is 0 Å². The Morgan fingerprint density at radius 2 is 1.80 bits per heavy atom. The molecule has 3 heteroatoms. The third kappa shape index (κ3) is 4.19. The third-order valence-corrected chi connectivity index (χ3v) is 5.47. The van der Waals surface area contributed by atoms with E-state index in [9.17, 15) is 5.11 Å². The second-order valence-corrected chi connectivity index (χ2v) is 8.09. The highest BCUT2D eigenvalue weighted by molar-refractivity contribution is 4.90. The summed E-state index contributed by atoms with van der Waals surface area (Å²) in [6.45, 7) is 9.25. The molecule has 2 unspecified atom stereocenters. The summed E-state index contributed by atoms with van der Waals surface area (Å²) < 4.78 is 0. The lowest BCUT2D eigenvalue weighted by molar-refractivity contribution is -0.0456. The molecule has 0 bridgehead atoms. The van der Waals surface area contributed by atoms with Crippen molar-refractivity contribution >= 4 is 0 Å². The molecule has 2 atom stereocenters. The summed E-state index contributed by atoms with van der Waals surface area (Å²) in [6.07, 6.45) is 6.20. The number of piperidine rings is 1. The van der Waals surface area contributed by atoms with Crippen molar-refractivity contribution in [3.8, 4) is 0 Å². The monoisotopic (exact) mass is 282 g/mol. The van der Waals surface area contributed by atoms with E-state index in [4.69, 9.17) is 0 Å². The van der Waals surface area contributed by atoms with Crippen LogP contribution < -0.4 is 0 Å². The molecule has 0 spiro atoms. The molecule has 0 aromatic rings. The molecule has 2 aliphatic rings. The van der Waals surface area contributed by atoms with Crippen molar-refractivity contribution in [2.45, 2.75) is 52.1 Å². The summed E-state index contributed by atoms with van der Waals surface area (Å²) in [6, 6.07) is 0. The summed E-state index contributed by atoms with van der Waals surface area (Å²) in [4.78, 5) is 4.91. The van der Waals surface area contributed by atoms with E-state index < -0.39 is 0 Å². The number of aliphatic hydroxyl groups excluding tert-OH is 1. The lowest BCUT2D eigenvalue weighted by atomic mass is 9.69. The third-order valence-electron chi connectivity index (χ3n) is 5.47. The number of hydrogen-bond acceptors (Lipinski definition) is 3. The van der Waals surface area contributed by atoms with Gasteiger partial charge < -0.3 is 14.9 Å². The molecule has 2 rings (SSSR count). The van der Waals surface area contributed by atoms with Crippen LogP contribution in [0, 0.1) is 17.3 Å². The fraction of sp³-hybridized carbons (Fsp3) is 1.00. The molecule has 0 radical (unpaired) electrons. The number of nitrogens with zero attached hydrogens (tertiary/aromatic N) is 2. The molecule has 1 aliphatic carbocycles. The Morgan fingerprint density at radius 1 is 1.15 bits per heavy atom. The van der Waals surface area contributed by atoms with Gasteiger partial charge in [-0.3, -0.25) is 0 Å². The molecule has 0 aromatic carbocycles. The van der Waals surface area contributed by atoms with Crippen LogP contribution in [0.5, 0.6) is 0 Å². The van der Waals surface area contributed by atoms with Crippen molar-refractivity contribution < 1.29 is 5.11 Å². The van der Waals surface area contributed by atoms with Crippen LogP contribution in [-0.4, -0.2) is 61.3 Å². The minimum Gasteiger partial charge on any atom is -0.392 e. The zero-order chi connectivity index (χ0) is 14.8. The van der Waals surface area contributed by atoms with E-state index in [0.29, 0.717) is 5.92 Å². The highest BCUT2D eigenvalue weighted by Gasteiger charge is 2.38. The molecule has 2 fully saturated rings. The van der Waals surface area contributed by atoms with E-state index in [2.05, 4.69) is 37.7 Å². The van der Waals surface area contributed by atoms with Gasteiger partial charge in [0.2, 0.25) is 0 Å². The topological polar surface area (TPSA) is 26.7 Å². The first-order valence-corrected chi connectivity index (χ1v) is 8.43. The minimum atomic E-state index is -0.115. The van der Waals surface area contributed by atoms with Gasteiger partial charge in [0, 0.05) is 13.1 Å². The Morgan fingerprint density at radius 3 is 2.40 bits per heavy atom. The maximum atomic E-state index is 10.6. The lowest BCUT2D eigenvalue weighted by Crippen LogP contribution is -2.47. The number of hydrogen-bond donors (Lipinski definition) is 1. The smallest absolute Gasteiger partial charge is 0.0631 e. The van der Waals surface area contributed by atoms with Crippen molar-refractivity contribution in [2.24, 2.45) is 17.3 Å². The van der Waals surface area contributed by atoms with Crippen molar-refractivity contribution in [1.82, 2.24) is 9.80 Å². The standard InChI is InChI=1S/C17H34N2O/c1-17(2)9-5-6-15(16(17)20)13-19-10-7-14(8-11-19)12-18(3)4/h14-16,20H,5-13H2,1-4H3. The molecule has 1 saturated carbocycles. The Kier molecular flexibility index (Phi) is 5.49. The Bertz CT molecular complexity index is 295. The predicted molar refractivity (Wildman–Crippen MR) is 84.8 cm³/mol. The van der Waals surface area contributed by atoms with E-state index in [-0.39, 0.29) is 11.5 Å². The predicted octanol–water partition coefficient (Wildman–Crippen LogP) is 2.45. The van der Waals surface area contributed by atoms with E-state index in [1.165, 1.54) is 51.7 Å². The highest BCUT2D eigenvalue weighted by Crippen LogP contribution is 2.39. The second kappa shape index (κ2) is 6.76. The zero-order valence-electron chi connectivity index (χ0n) is 13.9. The number of rotatable bonds is 4. The van der Waals surface area contributed by atoms with Gasteiger partial charge in [-0.05, 0) is 70.1 Å². The average Bonchev–Trinajstić information content (AvgIpc) is 2.37. The molecule has 1 saturated heterocycles. The second-order valence-electron chi connectivity index (χ2n) is 8.09. The van der Waals surface area contributed by atoms with Gasteiger partial charge in [0.15, 0.2) is 0 Å². The molecule has 1 heterocycles. The first-order chi connectivity index (χ1) is 9.38. The molecule has 3 nitrogen and oxygen atoms in total. The molecular formula is C17H34N2O. The van der Waals surface area contributed by atoms with Crippen LogP contribution in [0.2, 0.25) is 0 Å². The van der Waals surface area contributed by atoms with Crippen LogP contribution in [0.1, 0.15) is 46.0 Å². The van der Waals surface area contributed by atoms with E-state index in [1.807, 2.05) is 0 Å². The van der Waals surface area contributed by atoms with Gasteiger partial charge in [-0.2, -0.15) is 0 Å². The molecular weight excluding hydrogens is 248 g/mol. The first kappa shape index (κ1) is 16.3. The van der Waals surface area contributed by atoms with Crippen molar-refractivity contribution in [3.63, 3.8) is 0 Å². The van der Waals surface area contributed by atoms with Gasteiger partial charge in [0.1, 0.15) is 0 Å². The van der Waals surface area contributed by atoms with Crippen molar-refractivity contribution in [1.29, 1.82) is 0 Å². The fourth-order valence-corrected chi connectivity index (χ4v) is 4.15. The van der Waals surface area contributed by atoms with Crippen LogP contribution in [0.15, 0.2) is 0 Å². The Balaban J connectivity index is 1.78. The van der Waals surface area contributed by atoms with Crippen LogP contribution in [0.4, 0.5) is 0 Å². The van der Waals surface area contributed by atoms with Gasteiger partial charge in [0.05, 0.1) is 6.10 Å². The van der Waals surface area contributed by atoms with Crippen LogP contribution in [-0.2, 0) is 0 Å². The molecule has 20 heavy (non-hydrogen) atoms. The molecule has 118 valence electrons. The summed E-state index contributed by atoms with van der Waals surface area (Å²) in [5.41, 5.74) is 0.117. The van der Waals surface area contributed by atoms with Gasteiger partial charge in [0.25, 0.3) is 0 Å². The van der Waals surface area contributed by atoms with Crippen LogP contribution in [0.3, 0.4) is 0 Å². The lowest BCUT2D eigenvalue weighted by Gasteiger charge is -2.43. The summed E-state index contributed by atoms with van der Waals surface area (Å²) in [7, 11) is 4.35. The highest BCUT2D eigenvalue weighted by atomic mass is 16.3. The molecule has 0 aromatic heterocycles. The zero-order valence-corrected chi connectivity index (χ0v) is 13.9. The Hall–Kier alpha value is -0.120. The SMILES string of the molecule is CN(C)CC1CCN(CC2CCCC(C)(C)C2O)CC1. The fourth-order valence-electron chi connectivity index (χ4n) is 4.15. The summed E-state index contributed by atoms with van der Waals surface area (Å²) >= 11 is 0. The minimum absolute atomic E-state index is 0.115. The van der Waals surface area contributed by atoms with E-state index >= 15 is 0 Å². The molecule has 1 aliphatic heterocycles. The summed E-state index contributed by atoms with van der Waals surface area (Å²) in [5, 5.41) is 10.6. The van der Waals surface area contributed by atoms with Gasteiger partial charge >= 0.3 is 0 Å². The molecule has 0 amide bonds. The maximum absolute atomic E-state index is 10.6. The van der Waals surface area contributed by atoms with Gasteiger partial charge in [-0.1, -0.05) is 20.3 Å². The quantitative estimate of drug-likeness (QED) is 0.858. The van der Waals surface area contributed by atoms with Crippen molar-refractivity contribution in [2.75, 3.05) is 40.3 Å². The normalized spacial score (nSPS) is 32.7. The summed E-state index contributed by atoms with van der Waals surface area (Å²) in [5.74, 6) is 1.36. The average molecular weight is 282 g/mol. The maximum Gasteiger partial charge on any atom is 0.0631 e. The van der Waals surface area contributed by atoms with E-state index in [1.54, 1.807) is 0 Å². The number of likely N-dealkylation sites (tertiary alicyclic amines) is 1. The van der Waals surface area contributed by atoms with Crippen molar-refractivity contribution in [3.05, 3.63) is 0 Å².